The molecule has 6 rings (SSSR count). The first kappa shape index (κ1) is 66.5. The summed E-state index contributed by atoms with van der Waals surface area (Å²) in [6, 6.07) is 0. The lowest BCUT2D eigenvalue weighted by atomic mass is 9.96. The van der Waals surface area contributed by atoms with Gasteiger partial charge in [0.05, 0.1) is 56.8 Å². The van der Waals surface area contributed by atoms with Crippen LogP contribution in [0, 0.1) is 0 Å². The van der Waals surface area contributed by atoms with Gasteiger partial charge in [0.15, 0.2) is 37.7 Å². The first-order chi connectivity index (χ1) is 37.4. The molecule has 0 radical (unpaired) electrons. The summed E-state index contributed by atoms with van der Waals surface area (Å²) in [6.07, 6.45) is -44.7. The fourth-order valence-corrected chi connectivity index (χ4v) is 10.4. The van der Waals surface area contributed by atoms with Crippen molar-refractivity contribution in [1.82, 2.24) is 0 Å². The van der Waals surface area contributed by atoms with Gasteiger partial charge in [-0.1, -0.05) is 45.4 Å². The molecule has 30 heteroatoms. The summed E-state index contributed by atoms with van der Waals surface area (Å²) >= 11 is 0. The van der Waals surface area contributed by atoms with E-state index < -0.39 is 216 Å². The fourth-order valence-electron chi connectivity index (χ4n) is 10.4. The van der Waals surface area contributed by atoms with Crippen molar-refractivity contribution in [2.75, 3.05) is 19.8 Å². The zero-order valence-corrected chi connectivity index (χ0v) is 44.5. The third-order valence-corrected chi connectivity index (χ3v) is 15.3. The zero-order chi connectivity index (χ0) is 58.2. The predicted molar refractivity (Wildman–Crippen MR) is 257 cm³/mol. The normalized spacial score (nSPS) is 46.9. The highest BCUT2D eigenvalue weighted by Gasteiger charge is 2.56. The average molecular weight is 1160 g/mol. The summed E-state index contributed by atoms with van der Waals surface area (Å²) in [5.74, 6) is -1.09. The van der Waals surface area contributed by atoms with E-state index in [0.717, 1.165) is 12.8 Å². The van der Waals surface area contributed by atoms with E-state index in [-0.39, 0.29) is 6.42 Å². The number of unbranched alkanes of at least 4 members (excludes halogenated alkanes) is 4. The molecule has 462 valence electrons. The van der Waals surface area contributed by atoms with E-state index in [9.17, 15) is 86.5 Å². The van der Waals surface area contributed by atoms with Crippen molar-refractivity contribution in [3.05, 3.63) is 0 Å². The van der Waals surface area contributed by atoms with Gasteiger partial charge in [-0.2, -0.15) is 0 Å². The monoisotopic (exact) mass is 1150 g/mol. The molecule has 17 N–H and O–H groups in total. The molecule has 2 unspecified atom stereocenters. The molecule has 6 heterocycles. The van der Waals surface area contributed by atoms with Gasteiger partial charge in [-0.05, 0) is 40.0 Å². The standard InChI is InChI=1S/C49H86O30/c1-5-11-22(13-10-8-6-7-9-12-21(51)14-26(53)54)73-48-42(79-49-43(33(61)30(58)24(15-50)74-49)78-45-36(64)29(57)23(52)16-68-45)34(62)31(59)25(75-48)17-69-44-38(66)35(63)40(20(4)72-44)76-47-39(67)41(28(56)19(3)71-47)77-46-37(65)32(60)27(55)18(2)70-46/h18-25,27-52,55-67H,5-17H2,1-4H3,(H,53,54)/t18-,19-,20-,21?,22?,23-,24-,25-,27-,28-,29-,30-,31-,32-,33-,34+,35+,36-,37-,38-,39-,40+,41-,42-,43-,44-,45+,46+,47+,48-,49+/m1/s1. The van der Waals surface area contributed by atoms with Gasteiger partial charge in [0, 0.05) is 0 Å². The van der Waals surface area contributed by atoms with Crippen molar-refractivity contribution < 1.29 is 148 Å². The highest BCUT2D eigenvalue weighted by Crippen LogP contribution is 2.36. The lowest BCUT2D eigenvalue weighted by Gasteiger charge is -2.49. The summed E-state index contributed by atoms with van der Waals surface area (Å²) < 4.78 is 70.6. The second-order valence-corrected chi connectivity index (χ2v) is 21.4. The minimum atomic E-state index is -1.97. The number of rotatable bonds is 26. The molecule has 0 saturated carbocycles. The molecule has 0 aromatic carbocycles. The van der Waals surface area contributed by atoms with Crippen LogP contribution in [0.5, 0.6) is 0 Å². The van der Waals surface area contributed by atoms with Gasteiger partial charge in [0.2, 0.25) is 0 Å². The minimum absolute atomic E-state index is 0.328. The van der Waals surface area contributed by atoms with E-state index in [2.05, 4.69) is 0 Å². The van der Waals surface area contributed by atoms with Gasteiger partial charge in [-0.3, -0.25) is 4.79 Å². The molecule has 6 fully saturated rings. The minimum Gasteiger partial charge on any atom is -0.481 e. The molecule has 0 spiro atoms. The van der Waals surface area contributed by atoms with E-state index in [1.165, 1.54) is 20.8 Å². The van der Waals surface area contributed by atoms with E-state index in [1.807, 2.05) is 6.92 Å². The topological polar surface area (TPSA) is 472 Å². The van der Waals surface area contributed by atoms with E-state index in [0.29, 0.717) is 44.9 Å². The van der Waals surface area contributed by atoms with Gasteiger partial charge in [-0.25, -0.2) is 0 Å². The summed E-state index contributed by atoms with van der Waals surface area (Å²) in [5.41, 5.74) is 0. The Hall–Kier alpha value is -1.65. The summed E-state index contributed by atoms with van der Waals surface area (Å²) in [5, 5.41) is 182. The Labute approximate surface area is 455 Å². The Kier molecular flexibility index (Phi) is 25.6. The Morgan fingerprint density at radius 3 is 1.63 bits per heavy atom. The smallest absolute Gasteiger partial charge is 0.305 e. The van der Waals surface area contributed by atoms with Gasteiger partial charge in [0.25, 0.3) is 0 Å². The van der Waals surface area contributed by atoms with Crippen LogP contribution in [-0.2, 0) is 61.6 Å². The number of aliphatic hydroxyl groups is 16. The van der Waals surface area contributed by atoms with Crippen molar-refractivity contribution in [3.63, 3.8) is 0 Å². The first-order valence-electron chi connectivity index (χ1n) is 27.2. The van der Waals surface area contributed by atoms with Crippen LogP contribution in [-0.4, -0.2) is 303 Å². The molecular weight excluding hydrogens is 1070 g/mol. The zero-order valence-electron chi connectivity index (χ0n) is 44.5. The number of hydrogen-bond donors (Lipinski definition) is 17. The van der Waals surface area contributed by atoms with Gasteiger partial charge in [0.1, 0.15) is 122 Å². The molecule has 0 aromatic heterocycles. The molecule has 6 aliphatic heterocycles. The first-order valence-corrected chi connectivity index (χ1v) is 27.2. The molecule has 0 aliphatic carbocycles. The van der Waals surface area contributed by atoms with Crippen molar-refractivity contribution >= 4 is 5.97 Å². The number of carbonyl (C=O) groups is 1. The van der Waals surface area contributed by atoms with Gasteiger partial charge < -0.3 is 144 Å². The highest BCUT2D eigenvalue weighted by atomic mass is 16.8. The van der Waals surface area contributed by atoms with Crippen LogP contribution < -0.4 is 0 Å². The van der Waals surface area contributed by atoms with Crippen LogP contribution in [0.2, 0.25) is 0 Å². The SMILES string of the molecule is CCCC(CCCCCCCC(O)CC(=O)O)O[C@@H]1O[C@H](CO[C@@H]2O[C@H](C)[C@H](O[C@@H]3O[C@H](C)[C@@H](O)[C@@H](O[C@@H]4O[C@H](C)[C@@H](O)[C@@H](O)[C@H]4O)[C@H]3O)[C@@H](O)[C@H]2O)[C@@H](O)[C@H](O)[C@H]1O[C@@H]1O[C@H](CO)[C@@H](O)[C@@H](O)[C@H]1O[C@@H]1OC[C@@H](O)[C@@H](O)[C@H]1O. The number of carboxylic acid groups (broad SMARTS) is 1. The Morgan fingerprint density at radius 1 is 0.481 bits per heavy atom. The van der Waals surface area contributed by atoms with Crippen LogP contribution in [0.3, 0.4) is 0 Å². The third-order valence-electron chi connectivity index (χ3n) is 15.3. The van der Waals surface area contributed by atoms with E-state index in [1.54, 1.807) is 0 Å². The molecule has 0 amide bonds. The summed E-state index contributed by atoms with van der Waals surface area (Å²) in [4.78, 5) is 10.9. The number of carboxylic acids is 1. The molecular formula is C49H86O30. The number of hydrogen-bond acceptors (Lipinski definition) is 29. The van der Waals surface area contributed by atoms with E-state index in [4.69, 9.17) is 61.9 Å². The van der Waals surface area contributed by atoms with Crippen LogP contribution in [0.25, 0.3) is 0 Å². The van der Waals surface area contributed by atoms with E-state index >= 15 is 0 Å². The molecule has 31 atom stereocenters. The Bertz CT molecular complexity index is 1800. The van der Waals surface area contributed by atoms with Crippen LogP contribution in [0.4, 0.5) is 0 Å². The predicted octanol–water partition coefficient (Wildman–Crippen LogP) is -6.62. The summed E-state index contributed by atoms with van der Waals surface area (Å²) in [6.45, 7) is 4.09. The average Bonchev–Trinajstić information content (AvgIpc) is 3.50. The van der Waals surface area contributed by atoms with Crippen molar-refractivity contribution in [2.45, 2.75) is 282 Å². The van der Waals surface area contributed by atoms with Crippen molar-refractivity contribution in [3.8, 4) is 0 Å². The van der Waals surface area contributed by atoms with Crippen LogP contribution in [0.1, 0.15) is 91.9 Å². The Morgan fingerprint density at radius 2 is 0.987 bits per heavy atom. The lowest BCUT2D eigenvalue weighted by molar-refractivity contribution is -0.394. The highest BCUT2D eigenvalue weighted by molar-refractivity contribution is 5.67. The third kappa shape index (κ3) is 16.6. The lowest BCUT2D eigenvalue weighted by Crippen LogP contribution is -2.67. The maximum absolute atomic E-state index is 11.9. The number of ether oxygens (including phenoxy) is 12. The van der Waals surface area contributed by atoms with Crippen LogP contribution >= 0.6 is 0 Å². The number of aliphatic hydroxyl groups excluding tert-OH is 16. The maximum Gasteiger partial charge on any atom is 0.305 e. The molecule has 6 aliphatic rings. The van der Waals surface area contributed by atoms with Crippen molar-refractivity contribution in [1.29, 1.82) is 0 Å². The van der Waals surface area contributed by atoms with Crippen LogP contribution in [0.15, 0.2) is 0 Å². The molecule has 6 saturated heterocycles. The molecule has 30 nitrogen and oxygen atoms in total. The second-order valence-electron chi connectivity index (χ2n) is 21.4. The summed E-state index contributed by atoms with van der Waals surface area (Å²) in [7, 11) is 0. The number of aliphatic carboxylic acids is 1. The Balaban J connectivity index is 1.14. The fraction of sp³-hybridized carbons (Fsp3) is 0.980. The molecule has 79 heavy (non-hydrogen) atoms. The van der Waals surface area contributed by atoms with Gasteiger partial charge >= 0.3 is 5.97 Å². The molecule has 0 aromatic rings. The second kappa shape index (κ2) is 30.4. The largest absolute Gasteiger partial charge is 0.481 e. The van der Waals surface area contributed by atoms with Crippen molar-refractivity contribution in [2.24, 2.45) is 0 Å². The quantitative estimate of drug-likeness (QED) is 0.0358. The van der Waals surface area contributed by atoms with Gasteiger partial charge in [-0.15, -0.1) is 0 Å². The maximum atomic E-state index is 11.9. The molecule has 0 bridgehead atoms.